The molecule has 0 aliphatic carbocycles. The van der Waals surface area contributed by atoms with Crippen LogP contribution in [0.3, 0.4) is 0 Å². The van der Waals surface area contributed by atoms with E-state index in [4.69, 9.17) is 17.0 Å². The maximum absolute atomic E-state index is 12.3. The second-order valence-corrected chi connectivity index (χ2v) is 7.27. The molecule has 0 aromatic heterocycles. The van der Waals surface area contributed by atoms with Gasteiger partial charge in [0.1, 0.15) is 5.75 Å². The van der Waals surface area contributed by atoms with Crippen LogP contribution in [-0.4, -0.2) is 47.7 Å². The Kier molecular flexibility index (Phi) is 5.36. The minimum Gasteiger partial charge on any atom is -0.491 e. The summed E-state index contributed by atoms with van der Waals surface area (Å²) in [5.74, 6) is 1.23. The third-order valence-corrected chi connectivity index (χ3v) is 4.91. The van der Waals surface area contributed by atoms with Gasteiger partial charge in [-0.05, 0) is 82.2 Å². The summed E-state index contributed by atoms with van der Waals surface area (Å²) >= 11 is 5.32. The predicted octanol–water partition coefficient (Wildman–Crippen LogP) is 2.17. The number of nitrogens with zero attached hydrogens (tertiary/aromatic N) is 1. The number of benzene rings is 1. The molecule has 3 aliphatic heterocycles. The van der Waals surface area contributed by atoms with Crippen LogP contribution in [-0.2, 0) is 0 Å². The number of fused-ring (bicyclic) bond motifs is 3. The monoisotopic (exact) mass is 347 g/mol. The topological polar surface area (TPSA) is 53.6 Å². The van der Waals surface area contributed by atoms with E-state index in [1.54, 1.807) is 24.3 Å². The molecule has 1 amide bonds. The number of carbonyl (C=O) groups excluding carboxylic acids is 1. The Morgan fingerprint density at radius 3 is 2.46 bits per heavy atom. The lowest BCUT2D eigenvalue weighted by Crippen LogP contribution is -2.59. The first-order valence-electron chi connectivity index (χ1n) is 8.62. The van der Waals surface area contributed by atoms with Gasteiger partial charge in [0.2, 0.25) is 0 Å². The van der Waals surface area contributed by atoms with E-state index in [1.807, 2.05) is 13.8 Å². The van der Waals surface area contributed by atoms with Gasteiger partial charge in [-0.25, -0.2) is 0 Å². The first kappa shape index (κ1) is 17.2. The molecule has 0 spiro atoms. The number of ether oxygens (including phenoxy) is 1. The van der Waals surface area contributed by atoms with Crippen molar-refractivity contribution in [2.24, 2.45) is 5.92 Å². The van der Waals surface area contributed by atoms with Crippen molar-refractivity contribution in [3.63, 3.8) is 0 Å². The summed E-state index contributed by atoms with van der Waals surface area (Å²) in [6.07, 6.45) is 2.54. The van der Waals surface area contributed by atoms with Gasteiger partial charge in [0.25, 0.3) is 5.91 Å². The molecule has 24 heavy (non-hydrogen) atoms. The summed E-state index contributed by atoms with van der Waals surface area (Å²) in [4.78, 5) is 14.8. The molecule has 3 aliphatic rings. The van der Waals surface area contributed by atoms with Crippen LogP contribution in [0.25, 0.3) is 0 Å². The zero-order chi connectivity index (χ0) is 17.1. The Hall–Kier alpha value is -1.66. The number of carbonyl (C=O) groups is 1. The van der Waals surface area contributed by atoms with Gasteiger partial charge in [0.15, 0.2) is 5.11 Å². The third kappa shape index (κ3) is 4.24. The number of nitrogens with one attached hydrogen (secondary N) is 2. The van der Waals surface area contributed by atoms with Crippen molar-refractivity contribution >= 4 is 23.2 Å². The molecule has 1 aromatic carbocycles. The van der Waals surface area contributed by atoms with Gasteiger partial charge >= 0.3 is 0 Å². The summed E-state index contributed by atoms with van der Waals surface area (Å²) in [7, 11) is 0. The van der Waals surface area contributed by atoms with Crippen molar-refractivity contribution in [2.45, 2.75) is 38.8 Å². The highest BCUT2D eigenvalue weighted by Crippen LogP contribution is 2.27. The fourth-order valence-corrected chi connectivity index (χ4v) is 3.71. The molecule has 2 bridgehead atoms. The van der Waals surface area contributed by atoms with Gasteiger partial charge in [-0.1, -0.05) is 0 Å². The summed E-state index contributed by atoms with van der Waals surface area (Å²) in [5.41, 5.74) is 0.573. The number of rotatable bonds is 4. The van der Waals surface area contributed by atoms with Gasteiger partial charge in [-0.2, -0.15) is 0 Å². The van der Waals surface area contributed by atoms with Crippen LogP contribution in [0.1, 0.15) is 37.0 Å². The fourth-order valence-electron chi connectivity index (χ4n) is 3.47. The van der Waals surface area contributed by atoms with Crippen molar-refractivity contribution in [3.05, 3.63) is 29.8 Å². The Morgan fingerprint density at radius 2 is 1.92 bits per heavy atom. The second kappa shape index (κ2) is 7.49. The van der Waals surface area contributed by atoms with E-state index < -0.39 is 0 Å². The zero-order valence-corrected chi connectivity index (χ0v) is 15.1. The Bertz CT molecular complexity index is 595. The average molecular weight is 347 g/mol. The molecule has 4 rings (SSSR count). The lowest BCUT2D eigenvalue weighted by Gasteiger charge is -2.45. The Morgan fingerprint density at radius 1 is 1.25 bits per heavy atom. The van der Waals surface area contributed by atoms with Crippen molar-refractivity contribution in [3.8, 4) is 5.75 Å². The molecule has 6 heteroatoms. The number of amides is 1. The third-order valence-electron chi connectivity index (χ3n) is 4.69. The van der Waals surface area contributed by atoms with E-state index >= 15 is 0 Å². The standard InChI is InChI=1S/C18H25N3O2S/c1-12(2)23-15-5-3-14(4-6-15)17(22)20-18(24)19-16-11-21-9-7-13(16)8-10-21/h3-6,12-13,16H,7-11H2,1-2H3,(H2,19,20,22,24). The molecular formula is C18H25N3O2S. The first-order chi connectivity index (χ1) is 11.5. The molecule has 3 heterocycles. The summed E-state index contributed by atoms with van der Waals surface area (Å²) < 4.78 is 5.58. The SMILES string of the molecule is CC(C)Oc1ccc(C(=O)NC(=S)NC2CN3CCC2CC3)cc1. The summed E-state index contributed by atoms with van der Waals surface area (Å²) in [6, 6.07) is 7.47. The van der Waals surface area contributed by atoms with Gasteiger partial charge in [-0.3, -0.25) is 10.1 Å². The Labute approximate surface area is 148 Å². The van der Waals surface area contributed by atoms with E-state index in [0.717, 1.165) is 12.3 Å². The molecule has 3 fully saturated rings. The Balaban J connectivity index is 1.51. The quantitative estimate of drug-likeness (QED) is 0.818. The van der Waals surface area contributed by atoms with Crippen LogP contribution >= 0.6 is 12.2 Å². The van der Waals surface area contributed by atoms with Crippen molar-refractivity contribution in [2.75, 3.05) is 19.6 Å². The molecule has 3 saturated heterocycles. The molecule has 1 aromatic rings. The highest BCUT2D eigenvalue weighted by atomic mass is 32.1. The maximum Gasteiger partial charge on any atom is 0.257 e. The van der Waals surface area contributed by atoms with Crippen LogP contribution in [0.5, 0.6) is 5.75 Å². The summed E-state index contributed by atoms with van der Waals surface area (Å²) in [5, 5.41) is 6.52. The van der Waals surface area contributed by atoms with E-state index in [2.05, 4.69) is 15.5 Å². The lowest BCUT2D eigenvalue weighted by molar-refractivity contribution is 0.0807. The molecule has 1 atom stereocenters. The number of hydrogen-bond acceptors (Lipinski definition) is 4. The predicted molar refractivity (Wildman–Crippen MR) is 98.4 cm³/mol. The van der Waals surface area contributed by atoms with Crippen LogP contribution in [0.15, 0.2) is 24.3 Å². The van der Waals surface area contributed by atoms with Crippen molar-refractivity contribution < 1.29 is 9.53 Å². The van der Waals surface area contributed by atoms with Gasteiger partial charge in [0, 0.05) is 18.2 Å². The number of piperidine rings is 3. The normalized spacial score (nSPS) is 25.4. The number of thiocarbonyl (C=S) groups is 1. The van der Waals surface area contributed by atoms with Crippen molar-refractivity contribution in [1.82, 2.24) is 15.5 Å². The molecule has 130 valence electrons. The molecule has 0 radical (unpaired) electrons. The van der Waals surface area contributed by atoms with Gasteiger partial charge < -0.3 is 15.0 Å². The van der Waals surface area contributed by atoms with Crippen LogP contribution in [0, 0.1) is 5.92 Å². The highest BCUT2D eigenvalue weighted by Gasteiger charge is 2.34. The smallest absolute Gasteiger partial charge is 0.257 e. The minimum atomic E-state index is -0.190. The van der Waals surface area contributed by atoms with Crippen LogP contribution in [0.4, 0.5) is 0 Å². The average Bonchev–Trinajstić information content (AvgIpc) is 2.56. The first-order valence-corrected chi connectivity index (χ1v) is 9.03. The highest BCUT2D eigenvalue weighted by molar-refractivity contribution is 7.80. The maximum atomic E-state index is 12.3. The molecule has 1 unspecified atom stereocenters. The summed E-state index contributed by atoms with van der Waals surface area (Å²) in [6.45, 7) is 7.33. The van der Waals surface area contributed by atoms with Crippen molar-refractivity contribution in [1.29, 1.82) is 0 Å². The molecule has 0 saturated carbocycles. The van der Waals surface area contributed by atoms with Crippen LogP contribution < -0.4 is 15.4 Å². The second-order valence-electron chi connectivity index (χ2n) is 6.86. The van der Waals surface area contributed by atoms with E-state index in [1.165, 1.54) is 25.9 Å². The molecule has 5 nitrogen and oxygen atoms in total. The fraction of sp³-hybridized carbons (Fsp3) is 0.556. The van der Waals surface area contributed by atoms with Gasteiger partial charge in [0.05, 0.1) is 6.10 Å². The molecular weight excluding hydrogens is 322 g/mol. The minimum absolute atomic E-state index is 0.114. The van der Waals surface area contributed by atoms with E-state index in [0.29, 0.717) is 22.6 Å². The molecule has 2 N–H and O–H groups in total. The lowest BCUT2D eigenvalue weighted by atomic mass is 9.84. The van der Waals surface area contributed by atoms with Gasteiger partial charge in [-0.15, -0.1) is 0 Å². The van der Waals surface area contributed by atoms with E-state index in [-0.39, 0.29) is 12.0 Å². The zero-order valence-electron chi connectivity index (χ0n) is 14.2. The number of hydrogen-bond donors (Lipinski definition) is 2. The van der Waals surface area contributed by atoms with E-state index in [9.17, 15) is 4.79 Å². The van der Waals surface area contributed by atoms with Crippen LogP contribution in [0.2, 0.25) is 0 Å². The largest absolute Gasteiger partial charge is 0.491 e.